The lowest BCUT2D eigenvalue weighted by Gasteiger charge is -2.38. The Balaban J connectivity index is 1.77. The summed E-state index contributed by atoms with van der Waals surface area (Å²) in [6.45, 7) is 1.56. The number of carboxylic acids is 1. The fourth-order valence-electron chi connectivity index (χ4n) is 3.20. The summed E-state index contributed by atoms with van der Waals surface area (Å²) in [5.41, 5.74) is 1.41. The third-order valence-electron chi connectivity index (χ3n) is 4.74. The third-order valence-corrected chi connectivity index (χ3v) is 4.74. The largest absolute Gasteiger partial charge is 0.478 e. The van der Waals surface area contributed by atoms with Gasteiger partial charge in [0.25, 0.3) is 0 Å². The Morgan fingerprint density at radius 3 is 2.32 bits per heavy atom. The maximum Gasteiger partial charge on any atom is 0.337 e. The van der Waals surface area contributed by atoms with Crippen LogP contribution in [0.4, 0.5) is 0 Å². The van der Waals surface area contributed by atoms with Crippen molar-refractivity contribution in [3.05, 3.63) is 42.0 Å². The number of hydrogen-bond donors (Lipinski definition) is 4. The zero-order valence-electron chi connectivity index (χ0n) is 14.8. The smallest absolute Gasteiger partial charge is 0.337 e. The van der Waals surface area contributed by atoms with E-state index in [1.54, 1.807) is 37.3 Å². The van der Waals surface area contributed by atoms with Crippen LogP contribution in [0.25, 0.3) is 22.1 Å². The van der Waals surface area contributed by atoms with Crippen molar-refractivity contribution in [2.24, 2.45) is 0 Å². The second-order valence-electron chi connectivity index (χ2n) is 6.63. The van der Waals surface area contributed by atoms with E-state index in [-0.39, 0.29) is 16.8 Å². The van der Waals surface area contributed by atoms with Crippen molar-refractivity contribution < 1.29 is 34.7 Å². The molecule has 4 N–H and O–H groups in total. The molecule has 5 atom stereocenters. The van der Waals surface area contributed by atoms with Gasteiger partial charge in [-0.15, -0.1) is 0 Å². The van der Waals surface area contributed by atoms with E-state index in [2.05, 4.69) is 9.97 Å². The van der Waals surface area contributed by atoms with Gasteiger partial charge in [0.05, 0.1) is 22.7 Å². The Kier molecular flexibility index (Phi) is 4.60. The van der Waals surface area contributed by atoms with Crippen molar-refractivity contribution in [2.45, 2.75) is 37.6 Å². The highest BCUT2D eigenvalue weighted by atomic mass is 16.7. The van der Waals surface area contributed by atoms with Gasteiger partial charge in [0.2, 0.25) is 6.29 Å². The van der Waals surface area contributed by atoms with Crippen molar-refractivity contribution in [1.82, 2.24) is 9.97 Å². The molecular formula is C19H18N2O7. The number of aromatic carboxylic acids is 1. The molecule has 28 heavy (non-hydrogen) atoms. The van der Waals surface area contributed by atoms with Crippen molar-refractivity contribution in [2.75, 3.05) is 0 Å². The number of carboxylic acid groups (broad SMARTS) is 1. The van der Waals surface area contributed by atoms with Gasteiger partial charge in [-0.1, -0.05) is 12.1 Å². The first-order valence-electron chi connectivity index (χ1n) is 8.66. The fourth-order valence-corrected chi connectivity index (χ4v) is 3.20. The van der Waals surface area contributed by atoms with Crippen molar-refractivity contribution in [1.29, 1.82) is 0 Å². The molecule has 2 heterocycles. The van der Waals surface area contributed by atoms with Crippen LogP contribution in [0.15, 0.2) is 36.4 Å². The second kappa shape index (κ2) is 6.95. The van der Waals surface area contributed by atoms with E-state index >= 15 is 0 Å². The molecule has 0 spiro atoms. The van der Waals surface area contributed by atoms with Gasteiger partial charge in [0.15, 0.2) is 5.75 Å². The summed E-state index contributed by atoms with van der Waals surface area (Å²) in [5.74, 6) is -0.862. The maximum absolute atomic E-state index is 11.4. The molecule has 0 aliphatic carbocycles. The topological polar surface area (TPSA) is 142 Å². The van der Waals surface area contributed by atoms with Gasteiger partial charge in [0, 0.05) is 0 Å². The van der Waals surface area contributed by atoms with Crippen LogP contribution in [0.2, 0.25) is 0 Å². The molecule has 1 aliphatic rings. The molecule has 1 fully saturated rings. The molecule has 9 heteroatoms. The van der Waals surface area contributed by atoms with E-state index in [0.717, 1.165) is 0 Å². The zero-order valence-corrected chi connectivity index (χ0v) is 14.8. The van der Waals surface area contributed by atoms with Crippen LogP contribution < -0.4 is 4.74 Å². The first-order chi connectivity index (χ1) is 13.4. The number of benzene rings is 2. The van der Waals surface area contributed by atoms with Crippen molar-refractivity contribution >= 4 is 28.0 Å². The van der Waals surface area contributed by atoms with Crippen LogP contribution >= 0.6 is 0 Å². The number of aliphatic hydroxyl groups is 3. The average molecular weight is 386 g/mol. The highest BCUT2D eigenvalue weighted by Crippen LogP contribution is 2.30. The van der Waals surface area contributed by atoms with Crippen LogP contribution in [-0.4, -0.2) is 67.1 Å². The summed E-state index contributed by atoms with van der Waals surface area (Å²) in [6, 6.07) is 9.56. The normalized spacial score (nSPS) is 27.8. The lowest BCUT2D eigenvalue weighted by Crippen LogP contribution is -2.58. The fraction of sp³-hybridized carbons (Fsp3) is 0.316. The zero-order chi connectivity index (χ0) is 20.0. The summed E-state index contributed by atoms with van der Waals surface area (Å²) in [5, 5.41) is 39.3. The quantitative estimate of drug-likeness (QED) is 0.478. The molecule has 0 bridgehead atoms. The third kappa shape index (κ3) is 3.04. The first kappa shape index (κ1) is 18.5. The second-order valence-corrected chi connectivity index (χ2v) is 6.63. The number of fused-ring (bicyclic) bond motifs is 2. The summed E-state index contributed by atoms with van der Waals surface area (Å²) < 4.78 is 11.2. The highest BCUT2D eigenvalue weighted by molar-refractivity contribution is 6.03. The predicted molar refractivity (Wildman–Crippen MR) is 97.0 cm³/mol. The Morgan fingerprint density at radius 2 is 1.61 bits per heavy atom. The van der Waals surface area contributed by atoms with E-state index in [4.69, 9.17) is 9.47 Å². The van der Waals surface area contributed by atoms with Gasteiger partial charge >= 0.3 is 5.97 Å². The molecule has 1 aliphatic heterocycles. The molecule has 5 unspecified atom stereocenters. The van der Waals surface area contributed by atoms with Crippen molar-refractivity contribution in [3.8, 4) is 5.75 Å². The Hall–Kier alpha value is -2.85. The molecule has 0 saturated carbocycles. The minimum atomic E-state index is -1.46. The van der Waals surface area contributed by atoms with Gasteiger partial charge in [-0.05, 0) is 31.2 Å². The monoisotopic (exact) mass is 386 g/mol. The summed E-state index contributed by atoms with van der Waals surface area (Å²) >= 11 is 0. The standard InChI is InChI=1S/C19H18N2O7/c1-8-15(22)16(23)17(24)19(27-8)28-12-7-3-6-11-14(12)21-10-5-2-4-9(18(25)26)13(10)20-11/h2-8,15-17,19,22-24H,1H3,(H,25,26). The molecule has 9 nitrogen and oxygen atoms in total. The molecule has 1 aromatic heterocycles. The van der Waals surface area contributed by atoms with Gasteiger partial charge in [0.1, 0.15) is 29.3 Å². The van der Waals surface area contributed by atoms with Crippen molar-refractivity contribution in [3.63, 3.8) is 0 Å². The predicted octanol–water partition coefficient (Wildman–Crippen LogP) is 0.687. The van der Waals surface area contributed by atoms with Crippen LogP contribution in [-0.2, 0) is 4.74 Å². The molecule has 3 aromatic rings. The van der Waals surface area contributed by atoms with Crippen LogP contribution in [0.5, 0.6) is 5.75 Å². The van der Waals surface area contributed by atoms with E-state index in [1.165, 1.54) is 6.07 Å². The maximum atomic E-state index is 11.4. The number of carbonyl (C=O) groups is 1. The Labute approximate surface area is 158 Å². The number of nitrogens with zero attached hydrogens (tertiary/aromatic N) is 2. The molecule has 4 rings (SSSR count). The summed E-state index contributed by atoms with van der Waals surface area (Å²) in [6.07, 6.45) is -6.09. The molecule has 146 valence electrons. The number of aliphatic hydroxyl groups excluding tert-OH is 3. The highest BCUT2D eigenvalue weighted by Gasteiger charge is 2.43. The van der Waals surface area contributed by atoms with E-state index < -0.39 is 36.7 Å². The molecule has 1 saturated heterocycles. The number of para-hydroxylation sites is 2. The van der Waals surface area contributed by atoms with Crippen LogP contribution in [0.3, 0.4) is 0 Å². The molecule has 0 radical (unpaired) electrons. The number of rotatable bonds is 3. The average Bonchev–Trinajstić information content (AvgIpc) is 2.68. The van der Waals surface area contributed by atoms with Crippen LogP contribution in [0, 0.1) is 0 Å². The Bertz CT molecular complexity index is 1060. The first-order valence-corrected chi connectivity index (χ1v) is 8.66. The van der Waals surface area contributed by atoms with E-state index in [0.29, 0.717) is 16.6 Å². The number of hydrogen-bond acceptors (Lipinski definition) is 8. The summed E-state index contributed by atoms with van der Waals surface area (Å²) in [4.78, 5) is 20.3. The minimum absolute atomic E-state index is 0.0372. The SMILES string of the molecule is CC1OC(Oc2cccc3nc4c(C(=O)O)cccc4nc23)C(O)C(O)C1O. The van der Waals surface area contributed by atoms with Gasteiger partial charge in [-0.2, -0.15) is 0 Å². The van der Waals surface area contributed by atoms with Crippen LogP contribution in [0.1, 0.15) is 17.3 Å². The van der Waals surface area contributed by atoms with Gasteiger partial charge < -0.3 is 29.9 Å². The van der Waals surface area contributed by atoms with Gasteiger partial charge in [-0.3, -0.25) is 0 Å². The lowest BCUT2D eigenvalue weighted by molar-refractivity contribution is -0.267. The number of ether oxygens (including phenoxy) is 2. The minimum Gasteiger partial charge on any atom is -0.478 e. The molecular weight excluding hydrogens is 368 g/mol. The lowest BCUT2D eigenvalue weighted by atomic mass is 10.00. The summed E-state index contributed by atoms with van der Waals surface area (Å²) in [7, 11) is 0. The molecule has 2 aromatic carbocycles. The van der Waals surface area contributed by atoms with Gasteiger partial charge in [-0.25, -0.2) is 14.8 Å². The van der Waals surface area contributed by atoms with E-state index in [9.17, 15) is 25.2 Å². The number of aromatic nitrogens is 2. The van der Waals surface area contributed by atoms with E-state index in [1.807, 2.05) is 0 Å². The Morgan fingerprint density at radius 1 is 0.964 bits per heavy atom. The molecule has 0 amide bonds.